The van der Waals surface area contributed by atoms with Crippen LogP contribution < -0.4 is 10.6 Å². The summed E-state index contributed by atoms with van der Waals surface area (Å²) in [6.07, 6.45) is 1.97. The molecule has 3 rings (SSSR count). The number of hydrogen-bond acceptors (Lipinski definition) is 4. The second-order valence-electron chi connectivity index (χ2n) is 7.26. The lowest BCUT2D eigenvalue weighted by Gasteiger charge is -2.12. The minimum absolute atomic E-state index is 0.120. The average molecular weight is 407 g/mol. The summed E-state index contributed by atoms with van der Waals surface area (Å²) in [4.78, 5) is 50.7. The first kappa shape index (κ1) is 21.2. The van der Waals surface area contributed by atoms with Gasteiger partial charge in [-0.05, 0) is 49.2 Å². The van der Waals surface area contributed by atoms with Crippen molar-refractivity contribution in [2.24, 2.45) is 0 Å². The van der Waals surface area contributed by atoms with E-state index >= 15 is 0 Å². The van der Waals surface area contributed by atoms with Crippen LogP contribution in [0.5, 0.6) is 0 Å². The zero-order valence-electron chi connectivity index (χ0n) is 17.4. The SMILES string of the molecule is CCCCN1C(=O)c2ccc(C(=O)Nc3cc(NC(=O)CC)ccc3C)cc2C1=O. The highest BCUT2D eigenvalue weighted by atomic mass is 16.2. The van der Waals surface area contributed by atoms with E-state index in [1.54, 1.807) is 31.2 Å². The normalized spacial score (nSPS) is 12.7. The zero-order chi connectivity index (χ0) is 21.8. The van der Waals surface area contributed by atoms with Gasteiger partial charge in [-0.3, -0.25) is 24.1 Å². The maximum Gasteiger partial charge on any atom is 0.261 e. The van der Waals surface area contributed by atoms with Crippen molar-refractivity contribution in [1.29, 1.82) is 0 Å². The quantitative estimate of drug-likeness (QED) is 0.679. The highest BCUT2D eigenvalue weighted by molar-refractivity contribution is 6.22. The van der Waals surface area contributed by atoms with Crippen LogP contribution in [-0.2, 0) is 4.79 Å². The lowest BCUT2D eigenvalue weighted by atomic mass is 10.0. The Balaban J connectivity index is 1.81. The monoisotopic (exact) mass is 407 g/mol. The molecule has 0 atom stereocenters. The Morgan fingerprint density at radius 3 is 2.37 bits per heavy atom. The van der Waals surface area contributed by atoms with E-state index in [1.165, 1.54) is 17.0 Å². The second kappa shape index (κ2) is 8.90. The van der Waals surface area contributed by atoms with Crippen LogP contribution in [0.1, 0.15) is 69.7 Å². The summed E-state index contributed by atoms with van der Waals surface area (Å²) in [5, 5.41) is 5.58. The second-order valence-corrected chi connectivity index (χ2v) is 7.26. The molecule has 1 heterocycles. The van der Waals surface area contributed by atoms with Crippen molar-refractivity contribution in [2.75, 3.05) is 17.2 Å². The summed E-state index contributed by atoms with van der Waals surface area (Å²) >= 11 is 0. The van der Waals surface area contributed by atoms with Crippen LogP contribution in [0.25, 0.3) is 0 Å². The molecule has 0 bridgehead atoms. The molecule has 4 amide bonds. The fourth-order valence-corrected chi connectivity index (χ4v) is 3.23. The number of unbranched alkanes of at least 4 members (excludes halogenated alkanes) is 1. The van der Waals surface area contributed by atoms with Crippen LogP contribution in [0.3, 0.4) is 0 Å². The molecule has 1 aliphatic heterocycles. The van der Waals surface area contributed by atoms with E-state index in [2.05, 4.69) is 10.6 Å². The van der Waals surface area contributed by atoms with Gasteiger partial charge in [0.25, 0.3) is 17.7 Å². The number of amides is 4. The van der Waals surface area contributed by atoms with Crippen molar-refractivity contribution in [3.63, 3.8) is 0 Å². The van der Waals surface area contributed by atoms with E-state index in [4.69, 9.17) is 0 Å². The minimum atomic E-state index is -0.396. The average Bonchev–Trinajstić information content (AvgIpc) is 2.98. The Kier molecular flexibility index (Phi) is 6.30. The maximum absolute atomic E-state index is 12.8. The summed E-state index contributed by atoms with van der Waals surface area (Å²) in [6, 6.07) is 9.80. The molecule has 2 N–H and O–H groups in total. The van der Waals surface area contributed by atoms with Crippen LogP contribution in [0.2, 0.25) is 0 Å². The smallest absolute Gasteiger partial charge is 0.261 e. The summed E-state index contributed by atoms with van der Waals surface area (Å²) in [7, 11) is 0. The van der Waals surface area contributed by atoms with E-state index in [0.717, 1.165) is 18.4 Å². The van der Waals surface area contributed by atoms with Crippen LogP contribution in [-0.4, -0.2) is 35.1 Å². The number of aryl methyl sites for hydroxylation is 1. The molecule has 7 nitrogen and oxygen atoms in total. The van der Waals surface area contributed by atoms with Crippen molar-refractivity contribution in [3.05, 3.63) is 58.7 Å². The molecule has 156 valence electrons. The van der Waals surface area contributed by atoms with Gasteiger partial charge >= 0.3 is 0 Å². The summed E-state index contributed by atoms with van der Waals surface area (Å²) < 4.78 is 0. The minimum Gasteiger partial charge on any atom is -0.326 e. The van der Waals surface area contributed by atoms with E-state index in [-0.39, 0.29) is 28.8 Å². The number of nitrogens with zero attached hydrogens (tertiary/aromatic N) is 1. The summed E-state index contributed by atoms with van der Waals surface area (Å²) in [5.74, 6) is -1.19. The van der Waals surface area contributed by atoms with Gasteiger partial charge in [0.1, 0.15) is 0 Å². The number of imide groups is 1. The third-order valence-corrected chi connectivity index (χ3v) is 5.06. The largest absolute Gasteiger partial charge is 0.326 e. The molecule has 7 heteroatoms. The highest BCUT2D eigenvalue weighted by Gasteiger charge is 2.35. The van der Waals surface area contributed by atoms with Gasteiger partial charge in [0.05, 0.1) is 11.1 Å². The maximum atomic E-state index is 12.8. The molecule has 0 aliphatic carbocycles. The Hall–Kier alpha value is -3.48. The Morgan fingerprint density at radius 2 is 1.67 bits per heavy atom. The van der Waals surface area contributed by atoms with Gasteiger partial charge in [0, 0.05) is 29.9 Å². The van der Waals surface area contributed by atoms with E-state index < -0.39 is 5.91 Å². The van der Waals surface area contributed by atoms with Gasteiger partial charge in [0.15, 0.2) is 0 Å². The number of carbonyl (C=O) groups is 4. The number of anilines is 2. The first-order chi connectivity index (χ1) is 14.3. The standard InChI is InChI=1S/C23H25N3O4/c1-4-6-11-26-22(29)17-10-8-15(12-18(17)23(26)30)21(28)25-19-13-16(9-7-14(19)3)24-20(27)5-2/h7-10,12-13H,4-6,11H2,1-3H3,(H,24,27)(H,25,28). The van der Waals surface area contributed by atoms with Gasteiger partial charge in [-0.15, -0.1) is 0 Å². The van der Waals surface area contributed by atoms with Gasteiger partial charge < -0.3 is 10.6 Å². The van der Waals surface area contributed by atoms with Crippen molar-refractivity contribution < 1.29 is 19.2 Å². The molecule has 0 fully saturated rings. The third kappa shape index (κ3) is 4.25. The van der Waals surface area contributed by atoms with Crippen LogP contribution in [0.15, 0.2) is 36.4 Å². The molecule has 0 saturated carbocycles. The lowest BCUT2D eigenvalue weighted by Crippen LogP contribution is -2.30. The van der Waals surface area contributed by atoms with E-state index in [0.29, 0.717) is 29.9 Å². The molecular formula is C23H25N3O4. The first-order valence-electron chi connectivity index (χ1n) is 10.1. The Morgan fingerprint density at radius 1 is 0.933 bits per heavy atom. The number of fused-ring (bicyclic) bond motifs is 1. The summed E-state index contributed by atoms with van der Waals surface area (Å²) in [6.45, 7) is 5.97. The number of rotatable bonds is 7. The van der Waals surface area contributed by atoms with E-state index in [9.17, 15) is 19.2 Å². The molecule has 1 aliphatic rings. The molecule has 0 unspecified atom stereocenters. The molecule has 0 spiro atoms. The fourth-order valence-electron chi connectivity index (χ4n) is 3.23. The van der Waals surface area contributed by atoms with Crippen molar-refractivity contribution >= 4 is 35.0 Å². The van der Waals surface area contributed by atoms with Gasteiger partial charge in [-0.1, -0.05) is 26.3 Å². The topological polar surface area (TPSA) is 95.6 Å². The van der Waals surface area contributed by atoms with Crippen molar-refractivity contribution in [1.82, 2.24) is 4.90 Å². The first-order valence-corrected chi connectivity index (χ1v) is 10.1. The molecule has 0 aromatic heterocycles. The number of carbonyl (C=O) groups excluding carboxylic acids is 4. The molecule has 30 heavy (non-hydrogen) atoms. The van der Waals surface area contributed by atoms with Crippen LogP contribution in [0, 0.1) is 6.92 Å². The van der Waals surface area contributed by atoms with Crippen molar-refractivity contribution in [3.8, 4) is 0 Å². The van der Waals surface area contributed by atoms with Gasteiger partial charge in [0.2, 0.25) is 5.91 Å². The molecular weight excluding hydrogens is 382 g/mol. The number of benzene rings is 2. The van der Waals surface area contributed by atoms with Crippen LogP contribution in [0.4, 0.5) is 11.4 Å². The molecule has 0 radical (unpaired) electrons. The molecule has 0 saturated heterocycles. The molecule has 2 aromatic carbocycles. The number of nitrogens with one attached hydrogen (secondary N) is 2. The van der Waals surface area contributed by atoms with Crippen molar-refractivity contribution in [2.45, 2.75) is 40.0 Å². The summed E-state index contributed by atoms with van der Waals surface area (Å²) in [5.41, 5.74) is 2.84. The predicted octanol–water partition coefficient (Wildman–Crippen LogP) is 3.99. The van der Waals surface area contributed by atoms with Gasteiger partial charge in [-0.25, -0.2) is 0 Å². The van der Waals surface area contributed by atoms with Crippen LogP contribution >= 0.6 is 0 Å². The van der Waals surface area contributed by atoms with Gasteiger partial charge in [-0.2, -0.15) is 0 Å². The Bertz CT molecular complexity index is 1030. The third-order valence-electron chi connectivity index (χ3n) is 5.06. The zero-order valence-corrected chi connectivity index (χ0v) is 17.4. The number of hydrogen-bond donors (Lipinski definition) is 2. The lowest BCUT2D eigenvalue weighted by molar-refractivity contribution is -0.115. The van der Waals surface area contributed by atoms with E-state index in [1.807, 2.05) is 13.8 Å². The highest BCUT2D eigenvalue weighted by Crippen LogP contribution is 2.26. The Labute approximate surface area is 175 Å². The molecule has 2 aromatic rings. The predicted molar refractivity (Wildman–Crippen MR) is 115 cm³/mol. The fraction of sp³-hybridized carbons (Fsp3) is 0.304.